The second-order valence-corrected chi connectivity index (χ2v) is 3.93. The van der Waals surface area contributed by atoms with Crippen molar-refractivity contribution in [1.82, 2.24) is 15.0 Å². The van der Waals surface area contributed by atoms with E-state index in [1.54, 1.807) is 0 Å². The maximum Gasteiger partial charge on any atom is 0.151 e. The standard InChI is InChI=1S/C12H15N7/c1-2-8-11(15)19-9-7(6(3-13)4-14)5-17-12(16)10(9)18-8/h3-5,13H,2,14H2,1H3,(H2,15,19)(H2,16,17)/b6-4+,13-3?. The first-order valence-corrected chi connectivity index (χ1v) is 5.75. The van der Waals surface area contributed by atoms with Crippen molar-refractivity contribution in [2.45, 2.75) is 13.3 Å². The number of anilines is 2. The summed E-state index contributed by atoms with van der Waals surface area (Å²) < 4.78 is 0. The third-order valence-corrected chi connectivity index (χ3v) is 2.81. The zero-order chi connectivity index (χ0) is 14.0. The molecule has 19 heavy (non-hydrogen) atoms. The summed E-state index contributed by atoms with van der Waals surface area (Å²) in [7, 11) is 0. The minimum Gasteiger partial charge on any atom is -0.404 e. The lowest BCUT2D eigenvalue weighted by Crippen LogP contribution is -2.06. The molecule has 0 aliphatic carbocycles. The summed E-state index contributed by atoms with van der Waals surface area (Å²) in [5.74, 6) is 0.630. The van der Waals surface area contributed by atoms with E-state index < -0.39 is 0 Å². The Labute approximate surface area is 110 Å². The van der Waals surface area contributed by atoms with Crippen LogP contribution in [-0.2, 0) is 6.42 Å². The molecule has 2 rings (SSSR count). The van der Waals surface area contributed by atoms with E-state index in [2.05, 4.69) is 15.0 Å². The molecular weight excluding hydrogens is 242 g/mol. The van der Waals surface area contributed by atoms with E-state index in [0.29, 0.717) is 40.1 Å². The summed E-state index contributed by atoms with van der Waals surface area (Å²) >= 11 is 0. The molecule has 0 amide bonds. The van der Waals surface area contributed by atoms with Gasteiger partial charge in [-0.2, -0.15) is 0 Å². The average molecular weight is 257 g/mol. The molecular formula is C12H15N7. The highest BCUT2D eigenvalue weighted by Crippen LogP contribution is 2.25. The van der Waals surface area contributed by atoms with Gasteiger partial charge in [-0.05, 0) is 6.42 Å². The molecule has 0 radical (unpaired) electrons. The number of nitrogens with one attached hydrogen (secondary N) is 1. The van der Waals surface area contributed by atoms with Gasteiger partial charge in [0.05, 0.1) is 5.69 Å². The predicted octanol–water partition coefficient (Wildman–Crippen LogP) is 0.701. The van der Waals surface area contributed by atoms with E-state index in [1.165, 1.54) is 12.4 Å². The number of nitrogen functional groups attached to an aromatic ring is 2. The number of fused-ring (bicyclic) bond motifs is 1. The fraction of sp³-hybridized carbons (Fsp3) is 0.167. The molecule has 7 N–H and O–H groups in total. The van der Waals surface area contributed by atoms with Gasteiger partial charge in [-0.25, -0.2) is 15.0 Å². The highest BCUT2D eigenvalue weighted by molar-refractivity contribution is 6.13. The first kappa shape index (κ1) is 12.7. The summed E-state index contributed by atoms with van der Waals surface area (Å²) in [4.78, 5) is 12.8. The predicted molar refractivity (Wildman–Crippen MR) is 76.5 cm³/mol. The lowest BCUT2D eigenvalue weighted by Gasteiger charge is -2.09. The lowest BCUT2D eigenvalue weighted by atomic mass is 10.1. The second kappa shape index (κ2) is 4.89. The number of nitrogens with two attached hydrogens (primary N) is 3. The van der Waals surface area contributed by atoms with Crippen molar-refractivity contribution in [3.05, 3.63) is 23.7 Å². The van der Waals surface area contributed by atoms with Gasteiger partial charge in [-0.15, -0.1) is 0 Å². The Kier molecular flexibility index (Phi) is 3.28. The van der Waals surface area contributed by atoms with Crippen LogP contribution in [-0.4, -0.2) is 21.2 Å². The van der Waals surface area contributed by atoms with Crippen LogP contribution in [0.3, 0.4) is 0 Å². The van der Waals surface area contributed by atoms with Crippen molar-refractivity contribution < 1.29 is 0 Å². The molecule has 2 heterocycles. The van der Waals surface area contributed by atoms with Gasteiger partial charge in [0.25, 0.3) is 0 Å². The summed E-state index contributed by atoms with van der Waals surface area (Å²) in [5, 5.41) is 7.35. The molecule has 98 valence electrons. The molecule has 0 saturated carbocycles. The van der Waals surface area contributed by atoms with Crippen LogP contribution in [0.1, 0.15) is 18.2 Å². The number of rotatable bonds is 3. The topological polar surface area (TPSA) is 141 Å². The molecule has 0 saturated heterocycles. The van der Waals surface area contributed by atoms with Gasteiger partial charge >= 0.3 is 0 Å². The summed E-state index contributed by atoms with van der Waals surface area (Å²) in [5.41, 5.74) is 19.9. The van der Waals surface area contributed by atoms with E-state index in [0.717, 1.165) is 6.21 Å². The van der Waals surface area contributed by atoms with Crippen LogP contribution in [0.5, 0.6) is 0 Å². The average Bonchev–Trinajstić information content (AvgIpc) is 2.42. The third-order valence-electron chi connectivity index (χ3n) is 2.81. The van der Waals surface area contributed by atoms with Gasteiger partial charge < -0.3 is 22.6 Å². The molecule has 7 nitrogen and oxygen atoms in total. The molecule has 7 heteroatoms. The van der Waals surface area contributed by atoms with E-state index in [9.17, 15) is 0 Å². The van der Waals surface area contributed by atoms with E-state index in [4.69, 9.17) is 22.6 Å². The molecule has 0 bridgehead atoms. The SMILES string of the molecule is CCc1nc2c(N)ncc(/C(C=N)=C/N)c2nc1N. The van der Waals surface area contributed by atoms with Crippen molar-refractivity contribution in [1.29, 1.82) is 5.41 Å². The second-order valence-electron chi connectivity index (χ2n) is 3.93. The molecule has 0 unspecified atom stereocenters. The molecule has 0 atom stereocenters. The zero-order valence-corrected chi connectivity index (χ0v) is 10.5. The number of allylic oxidation sites excluding steroid dienone is 1. The molecule has 0 spiro atoms. The number of hydrogen-bond donors (Lipinski definition) is 4. The maximum absolute atomic E-state index is 7.35. The van der Waals surface area contributed by atoms with Crippen LogP contribution in [0.15, 0.2) is 12.4 Å². The molecule has 0 fully saturated rings. The van der Waals surface area contributed by atoms with Crippen molar-refractivity contribution in [2.75, 3.05) is 11.5 Å². The third kappa shape index (κ3) is 2.05. The quantitative estimate of drug-likeness (QED) is 0.596. The van der Waals surface area contributed by atoms with Crippen LogP contribution < -0.4 is 17.2 Å². The van der Waals surface area contributed by atoms with Crippen LogP contribution in [0.2, 0.25) is 0 Å². The summed E-state index contributed by atoms with van der Waals surface area (Å²) in [6, 6.07) is 0. The molecule has 0 aliphatic rings. The Bertz CT molecular complexity index is 675. The van der Waals surface area contributed by atoms with Gasteiger partial charge in [0.15, 0.2) is 5.82 Å². The van der Waals surface area contributed by atoms with E-state index in [1.807, 2.05) is 6.92 Å². The smallest absolute Gasteiger partial charge is 0.151 e. The highest BCUT2D eigenvalue weighted by Gasteiger charge is 2.13. The minimum absolute atomic E-state index is 0.280. The van der Waals surface area contributed by atoms with E-state index >= 15 is 0 Å². The largest absolute Gasteiger partial charge is 0.404 e. The number of nitrogens with zero attached hydrogens (tertiary/aromatic N) is 3. The Balaban J connectivity index is 2.86. The van der Waals surface area contributed by atoms with Gasteiger partial charge in [0.2, 0.25) is 0 Å². The number of hydrogen-bond acceptors (Lipinski definition) is 7. The zero-order valence-electron chi connectivity index (χ0n) is 10.5. The van der Waals surface area contributed by atoms with Crippen molar-refractivity contribution in [3.63, 3.8) is 0 Å². The fourth-order valence-electron chi connectivity index (χ4n) is 1.79. The number of aryl methyl sites for hydroxylation is 1. The summed E-state index contributed by atoms with van der Waals surface area (Å²) in [6.07, 6.45) is 4.60. The number of pyridine rings is 1. The van der Waals surface area contributed by atoms with Crippen molar-refractivity contribution in [3.8, 4) is 0 Å². The Morgan fingerprint density at radius 3 is 2.58 bits per heavy atom. The van der Waals surface area contributed by atoms with Gasteiger partial charge in [0.1, 0.15) is 16.9 Å². The first-order valence-electron chi connectivity index (χ1n) is 5.75. The fourth-order valence-corrected chi connectivity index (χ4v) is 1.79. The van der Waals surface area contributed by atoms with Gasteiger partial charge in [-0.1, -0.05) is 6.92 Å². The molecule has 0 aromatic carbocycles. The van der Waals surface area contributed by atoms with Gasteiger partial charge in [-0.3, -0.25) is 0 Å². The van der Waals surface area contributed by atoms with Crippen molar-refractivity contribution >= 4 is 34.5 Å². The molecule has 2 aromatic heterocycles. The van der Waals surface area contributed by atoms with Crippen LogP contribution >= 0.6 is 0 Å². The van der Waals surface area contributed by atoms with Crippen molar-refractivity contribution in [2.24, 2.45) is 5.73 Å². The first-order chi connectivity index (χ1) is 9.12. The van der Waals surface area contributed by atoms with E-state index in [-0.39, 0.29) is 5.82 Å². The molecule has 0 aliphatic heterocycles. The Morgan fingerprint density at radius 1 is 1.26 bits per heavy atom. The Morgan fingerprint density at radius 2 is 2.00 bits per heavy atom. The highest BCUT2D eigenvalue weighted by atomic mass is 15.0. The number of aromatic nitrogens is 3. The van der Waals surface area contributed by atoms with Crippen LogP contribution in [0, 0.1) is 5.41 Å². The summed E-state index contributed by atoms with van der Waals surface area (Å²) in [6.45, 7) is 1.93. The van der Waals surface area contributed by atoms with Crippen LogP contribution in [0.25, 0.3) is 16.6 Å². The molecule has 2 aromatic rings. The van der Waals surface area contributed by atoms with Crippen LogP contribution in [0.4, 0.5) is 11.6 Å². The minimum atomic E-state index is 0.280. The van der Waals surface area contributed by atoms with Gasteiger partial charge in [0, 0.05) is 29.7 Å². The normalized spacial score (nSPS) is 11.7. The monoisotopic (exact) mass is 257 g/mol. The Hall–Kier alpha value is -2.70. The maximum atomic E-state index is 7.35. The lowest BCUT2D eigenvalue weighted by molar-refractivity contribution is 1.04.